The molecule has 0 heterocycles. The summed E-state index contributed by atoms with van der Waals surface area (Å²) in [7, 11) is 0. The largest absolute Gasteiger partial charge is 0.404 e. The van der Waals surface area contributed by atoms with E-state index in [0.717, 1.165) is 10.0 Å². The summed E-state index contributed by atoms with van der Waals surface area (Å²) in [5.74, 6) is 0.0184. The van der Waals surface area contributed by atoms with E-state index in [-0.39, 0.29) is 5.78 Å². The van der Waals surface area contributed by atoms with Crippen molar-refractivity contribution in [3.05, 3.63) is 46.6 Å². The summed E-state index contributed by atoms with van der Waals surface area (Å²) in [6.07, 6.45) is 3.05. The lowest BCUT2D eigenvalue weighted by atomic mass is 10.1. The second-order valence-electron chi connectivity index (χ2n) is 2.63. The normalized spacial score (nSPS) is 10.5. The molecular weight excluding hydrogens is 230 g/mol. The number of hydrogen-bond acceptors (Lipinski definition) is 2. The zero-order valence-corrected chi connectivity index (χ0v) is 8.62. The SMILES string of the molecule is NC=CC(=O)Cc1ccc(Br)cc1. The third kappa shape index (κ3) is 3.42. The average molecular weight is 240 g/mol. The van der Waals surface area contributed by atoms with Gasteiger partial charge in [0.1, 0.15) is 0 Å². The molecule has 0 fully saturated rings. The zero-order valence-electron chi connectivity index (χ0n) is 7.03. The van der Waals surface area contributed by atoms with E-state index in [1.807, 2.05) is 24.3 Å². The van der Waals surface area contributed by atoms with Crippen LogP contribution >= 0.6 is 15.9 Å². The molecule has 0 spiro atoms. The van der Waals surface area contributed by atoms with Gasteiger partial charge in [0.25, 0.3) is 0 Å². The number of rotatable bonds is 3. The van der Waals surface area contributed by atoms with Gasteiger partial charge in [-0.15, -0.1) is 0 Å². The second kappa shape index (κ2) is 4.82. The van der Waals surface area contributed by atoms with Crippen molar-refractivity contribution >= 4 is 21.7 Å². The van der Waals surface area contributed by atoms with E-state index in [0.29, 0.717) is 6.42 Å². The molecule has 13 heavy (non-hydrogen) atoms. The predicted octanol–water partition coefficient (Wildman–Crippen LogP) is 2.03. The molecule has 0 amide bonds. The topological polar surface area (TPSA) is 43.1 Å². The first kappa shape index (κ1) is 9.99. The Bertz CT molecular complexity index is 316. The Labute approximate surface area is 85.6 Å². The van der Waals surface area contributed by atoms with E-state index in [2.05, 4.69) is 15.9 Å². The molecule has 1 rings (SSSR count). The number of carbonyl (C=O) groups is 1. The number of hydrogen-bond donors (Lipinski definition) is 1. The van der Waals surface area contributed by atoms with Gasteiger partial charge in [0.15, 0.2) is 5.78 Å². The highest BCUT2D eigenvalue weighted by molar-refractivity contribution is 9.10. The van der Waals surface area contributed by atoms with E-state index in [1.54, 1.807) is 0 Å². The summed E-state index contributed by atoms with van der Waals surface area (Å²) < 4.78 is 1.01. The Hall–Kier alpha value is -1.09. The van der Waals surface area contributed by atoms with Crippen LogP contribution < -0.4 is 5.73 Å². The molecule has 2 N–H and O–H groups in total. The van der Waals surface area contributed by atoms with Crippen molar-refractivity contribution in [2.45, 2.75) is 6.42 Å². The van der Waals surface area contributed by atoms with Crippen LogP contribution in [0.15, 0.2) is 41.0 Å². The van der Waals surface area contributed by atoms with Gasteiger partial charge in [-0.05, 0) is 30.0 Å². The first-order valence-electron chi connectivity index (χ1n) is 3.88. The number of allylic oxidation sites excluding steroid dienone is 1. The molecule has 0 aliphatic heterocycles. The number of carbonyl (C=O) groups excluding carboxylic acids is 1. The van der Waals surface area contributed by atoms with Crippen LogP contribution in [0.25, 0.3) is 0 Å². The molecular formula is C10H10BrNO. The van der Waals surface area contributed by atoms with Crippen molar-refractivity contribution in [1.82, 2.24) is 0 Å². The summed E-state index contributed by atoms with van der Waals surface area (Å²) in [5.41, 5.74) is 6.09. The van der Waals surface area contributed by atoms with E-state index >= 15 is 0 Å². The molecule has 0 saturated carbocycles. The molecule has 0 atom stereocenters. The fourth-order valence-electron chi connectivity index (χ4n) is 0.970. The van der Waals surface area contributed by atoms with Crippen molar-refractivity contribution in [3.63, 3.8) is 0 Å². The van der Waals surface area contributed by atoms with Gasteiger partial charge in [0, 0.05) is 10.9 Å². The molecule has 0 radical (unpaired) electrons. The van der Waals surface area contributed by atoms with Gasteiger partial charge in [-0.3, -0.25) is 4.79 Å². The lowest BCUT2D eigenvalue weighted by Crippen LogP contribution is -1.99. The monoisotopic (exact) mass is 239 g/mol. The van der Waals surface area contributed by atoms with Crippen LogP contribution in [-0.2, 0) is 11.2 Å². The van der Waals surface area contributed by atoms with Gasteiger partial charge in [-0.2, -0.15) is 0 Å². The van der Waals surface area contributed by atoms with Crippen LogP contribution in [0.4, 0.5) is 0 Å². The third-order valence-corrected chi connectivity index (χ3v) is 2.10. The molecule has 0 aromatic heterocycles. The predicted molar refractivity (Wildman–Crippen MR) is 56.2 cm³/mol. The number of benzene rings is 1. The highest BCUT2D eigenvalue weighted by Gasteiger charge is 1.98. The maximum atomic E-state index is 11.1. The van der Waals surface area contributed by atoms with Gasteiger partial charge in [-0.25, -0.2) is 0 Å². The van der Waals surface area contributed by atoms with Crippen LogP contribution in [0.3, 0.4) is 0 Å². The minimum Gasteiger partial charge on any atom is -0.404 e. The molecule has 68 valence electrons. The van der Waals surface area contributed by atoms with Crippen molar-refractivity contribution in [2.75, 3.05) is 0 Å². The third-order valence-electron chi connectivity index (χ3n) is 1.57. The molecule has 0 bridgehead atoms. The summed E-state index contributed by atoms with van der Waals surface area (Å²) in [5, 5.41) is 0. The smallest absolute Gasteiger partial charge is 0.161 e. The molecule has 0 aliphatic rings. The standard InChI is InChI=1S/C10H10BrNO/c11-9-3-1-8(2-4-9)7-10(13)5-6-12/h1-6H,7,12H2. The fraction of sp³-hybridized carbons (Fsp3) is 0.100. The highest BCUT2D eigenvalue weighted by atomic mass is 79.9. The summed E-state index contributed by atoms with van der Waals surface area (Å²) >= 11 is 3.32. The lowest BCUT2D eigenvalue weighted by molar-refractivity contribution is -0.114. The van der Waals surface area contributed by atoms with Gasteiger partial charge in [0.05, 0.1) is 0 Å². The van der Waals surface area contributed by atoms with Gasteiger partial charge in [0.2, 0.25) is 0 Å². The molecule has 1 aromatic carbocycles. The minimum atomic E-state index is 0.0184. The van der Waals surface area contributed by atoms with Crippen LogP contribution in [-0.4, -0.2) is 5.78 Å². The summed E-state index contributed by atoms with van der Waals surface area (Å²) in [6, 6.07) is 7.64. The molecule has 0 unspecified atom stereocenters. The fourth-order valence-corrected chi connectivity index (χ4v) is 1.23. The Morgan fingerprint density at radius 1 is 1.38 bits per heavy atom. The van der Waals surface area contributed by atoms with Crippen molar-refractivity contribution in [3.8, 4) is 0 Å². The average Bonchev–Trinajstić information content (AvgIpc) is 2.09. The minimum absolute atomic E-state index is 0.0184. The molecule has 0 aliphatic carbocycles. The second-order valence-corrected chi connectivity index (χ2v) is 3.54. The van der Waals surface area contributed by atoms with Crippen LogP contribution in [0.1, 0.15) is 5.56 Å². The molecule has 1 aromatic rings. The Morgan fingerprint density at radius 2 is 2.00 bits per heavy atom. The van der Waals surface area contributed by atoms with E-state index in [9.17, 15) is 4.79 Å². The summed E-state index contributed by atoms with van der Waals surface area (Å²) in [4.78, 5) is 11.1. The first-order valence-corrected chi connectivity index (χ1v) is 4.67. The van der Waals surface area contributed by atoms with Crippen molar-refractivity contribution in [1.29, 1.82) is 0 Å². The summed E-state index contributed by atoms with van der Waals surface area (Å²) in [6.45, 7) is 0. The maximum absolute atomic E-state index is 11.1. The Kier molecular flexibility index (Phi) is 3.71. The quantitative estimate of drug-likeness (QED) is 0.821. The van der Waals surface area contributed by atoms with Gasteiger partial charge in [-0.1, -0.05) is 28.1 Å². The molecule has 2 nitrogen and oxygen atoms in total. The molecule has 0 saturated heterocycles. The Morgan fingerprint density at radius 3 is 2.54 bits per heavy atom. The van der Waals surface area contributed by atoms with Crippen LogP contribution in [0, 0.1) is 0 Å². The number of halogens is 1. The van der Waals surface area contributed by atoms with Crippen molar-refractivity contribution < 1.29 is 4.79 Å². The van der Waals surface area contributed by atoms with Crippen LogP contribution in [0.2, 0.25) is 0 Å². The van der Waals surface area contributed by atoms with E-state index < -0.39 is 0 Å². The van der Waals surface area contributed by atoms with E-state index in [4.69, 9.17) is 5.73 Å². The van der Waals surface area contributed by atoms with Crippen molar-refractivity contribution in [2.24, 2.45) is 5.73 Å². The highest BCUT2D eigenvalue weighted by Crippen LogP contribution is 2.10. The maximum Gasteiger partial charge on any atom is 0.161 e. The zero-order chi connectivity index (χ0) is 9.68. The van der Waals surface area contributed by atoms with E-state index in [1.165, 1.54) is 12.3 Å². The number of nitrogens with two attached hydrogens (primary N) is 1. The molecule has 3 heteroatoms. The van der Waals surface area contributed by atoms with Gasteiger partial charge >= 0.3 is 0 Å². The van der Waals surface area contributed by atoms with Crippen LogP contribution in [0.5, 0.6) is 0 Å². The Balaban J connectivity index is 2.64. The first-order chi connectivity index (χ1) is 6.22. The number of ketones is 1. The lowest BCUT2D eigenvalue weighted by Gasteiger charge is -1.97. The van der Waals surface area contributed by atoms with Gasteiger partial charge < -0.3 is 5.73 Å².